The number of amides is 1. The van der Waals surface area contributed by atoms with Crippen molar-refractivity contribution < 1.29 is 13.2 Å². The van der Waals surface area contributed by atoms with Crippen molar-refractivity contribution >= 4 is 37.5 Å². The second-order valence-electron chi connectivity index (χ2n) is 7.49. The van der Waals surface area contributed by atoms with Crippen LogP contribution in [0.4, 0.5) is 0 Å². The number of hydrogen-bond acceptors (Lipinski definition) is 5. The summed E-state index contributed by atoms with van der Waals surface area (Å²) in [6.45, 7) is 1.26. The molecule has 30 heavy (non-hydrogen) atoms. The number of hydrogen-bond donors (Lipinski definition) is 1. The Kier molecular flexibility index (Phi) is 6.46. The maximum absolute atomic E-state index is 12.8. The third kappa shape index (κ3) is 4.71. The van der Waals surface area contributed by atoms with Crippen molar-refractivity contribution in [2.24, 2.45) is 5.92 Å². The molecule has 6 nitrogen and oxygen atoms in total. The molecule has 8 heteroatoms. The fourth-order valence-electron chi connectivity index (χ4n) is 3.74. The molecule has 158 valence electrons. The van der Waals surface area contributed by atoms with Gasteiger partial charge in [0.25, 0.3) is 0 Å². The van der Waals surface area contributed by atoms with Crippen LogP contribution < -0.4 is 5.32 Å². The maximum Gasteiger partial charge on any atom is 0.243 e. The van der Waals surface area contributed by atoms with Gasteiger partial charge in [-0.25, -0.2) is 13.4 Å². The molecule has 2 aromatic carbocycles. The molecule has 4 rings (SSSR count). The highest BCUT2D eigenvalue weighted by atomic mass is 32.2. The van der Waals surface area contributed by atoms with Crippen LogP contribution in [0.15, 0.2) is 59.5 Å². The number of thiazole rings is 1. The molecule has 1 aliphatic heterocycles. The highest BCUT2D eigenvalue weighted by molar-refractivity contribution is 7.89. The Morgan fingerprint density at radius 3 is 2.70 bits per heavy atom. The van der Waals surface area contributed by atoms with E-state index in [2.05, 4.69) is 16.4 Å². The minimum atomic E-state index is -3.56. The van der Waals surface area contributed by atoms with E-state index < -0.39 is 10.0 Å². The molecule has 3 aromatic rings. The predicted molar refractivity (Wildman–Crippen MR) is 119 cm³/mol. The van der Waals surface area contributed by atoms with E-state index in [1.165, 1.54) is 9.01 Å². The Labute approximate surface area is 181 Å². The average molecular weight is 444 g/mol. The zero-order valence-corrected chi connectivity index (χ0v) is 18.3. The smallest absolute Gasteiger partial charge is 0.243 e. The zero-order chi connectivity index (χ0) is 21.0. The normalized spacial score (nSPS) is 17.8. The Morgan fingerprint density at radius 2 is 1.90 bits per heavy atom. The van der Waals surface area contributed by atoms with Crippen LogP contribution in [0.3, 0.4) is 0 Å². The van der Waals surface area contributed by atoms with Crippen molar-refractivity contribution in [2.75, 3.05) is 19.6 Å². The van der Waals surface area contributed by atoms with E-state index in [1.807, 2.05) is 18.2 Å². The molecule has 0 saturated carbocycles. The second-order valence-corrected chi connectivity index (χ2v) is 10.5. The van der Waals surface area contributed by atoms with Gasteiger partial charge in [-0.2, -0.15) is 4.31 Å². The molecule has 0 bridgehead atoms. The van der Waals surface area contributed by atoms with Crippen LogP contribution >= 0.6 is 11.3 Å². The van der Waals surface area contributed by atoms with Crippen molar-refractivity contribution in [3.8, 4) is 0 Å². The number of sulfonamides is 1. The van der Waals surface area contributed by atoms with Gasteiger partial charge in [0.1, 0.15) is 0 Å². The van der Waals surface area contributed by atoms with Crippen molar-refractivity contribution in [3.05, 3.63) is 59.6 Å². The number of fused-ring (bicyclic) bond motifs is 1. The number of rotatable bonds is 7. The van der Waals surface area contributed by atoms with Crippen LogP contribution in [0.1, 0.15) is 24.3 Å². The van der Waals surface area contributed by atoms with E-state index >= 15 is 0 Å². The summed E-state index contributed by atoms with van der Waals surface area (Å²) < 4.78 is 28.3. The molecule has 2 heterocycles. The zero-order valence-electron chi connectivity index (χ0n) is 16.7. The predicted octanol–water partition coefficient (Wildman–Crippen LogP) is 3.45. The quantitative estimate of drug-likeness (QED) is 0.567. The Balaban J connectivity index is 1.28. The standard InChI is InChI=1S/C22H25N3O3S2/c26-22(23-14-6-13-21-24-19-11-4-5-12-20(19)29-21)17-8-7-15-25(16-17)30(27,28)18-9-2-1-3-10-18/h1-5,9-12,17H,6-8,13-16H2,(H,23,26). The van der Waals surface area contributed by atoms with Crippen LogP contribution in [0.25, 0.3) is 10.2 Å². The first-order valence-electron chi connectivity index (χ1n) is 10.2. The van der Waals surface area contributed by atoms with Gasteiger partial charge in [0.05, 0.1) is 26.0 Å². The van der Waals surface area contributed by atoms with Gasteiger partial charge in [-0.15, -0.1) is 11.3 Å². The van der Waals surface area contributed by atoms with Crippen LogP contribution in [0.5, 0.6) is 0 Å². The van der Waals surface area contributed by atoms with Crippen molar-refractivity contribution in [1.82, 2.24) is 14.6 Å². The molecule has 1 aliphatic rings. The summed E-state index contributed by atoms with van der Waals surface area (Å²) in [5.41, 5.74) is 1.02. The van der Waals surface area contributed by atoms with Crippen molar-refractivity contribution in [2.45, 2.75) is 30.6 Å². The summed E-state index contributed by atoms with van der Waals surface area (Å²) in [4.78, 5) is 17.5. The molecule has 0 aliphatic carbocycles. The Hall–Kier alpha value is -2.29. The third-order valence-corrected chi connectivity index (χ3v) is 8.32. The molecule has 1 fully saturated rings. The first kappa shape index (κ1) is 21.0. The fourth-order valence-corrected chi connectivity index (χ4v) is 6.29. The number of carbonyl (C=O) groups is 1. The first-order valence-corrected chi connectivity index (χ1v) is 12.5. The van der Waals surface area contributed by atoms with Crippen LogP contribution in [0, 0.1) is 5.92 Å². The molecule has 1 saturated heterocycles. The van der Waals surface area contributed by atoms with Gasteiger partial charge >= 0.3 is 0 Å². The average Bonchev–Trinajstić information content (AvgIpc) is 3.20. The Bertz CT molecular complexity index is 1080. The largest absolute Gasteiger partial charge is 0.356 e. The molecule has 1 unspecified atom stereocenters. The number of carbonyl (C=O) groups excluding carboxylic acids is 1. The van der Waals surface area contributed by atoms with E-state index in [9.17, 15) is 13.2 Å². The number of nitrogens with zero attached hydrogens (tertiary/aromatic N) is 2. The minimum absolute atomic E-state index is 0.0627. The summed E-state index contributed by atoms with van der Waals surface area (Å²) in [5.74, 6) is -0.369. The van der Waals surface area contributed by atoms with Gasteiger partial charge in [-0.3, -0.25) is 4.79 Å². The fraction of sp³-hybridized carbons (Fsp3) is 0.364. The number of aromatic nitrogens is 1. The first-order chi connectivity index (χ1) is 14.5. The number of aryl methyl sites for hydroxylation is 1. The maximum atomic E-state index is 12.8. The molecule has 1 aromatic heterocycles. The minimum Gasteiger partial charge on any atom is -0.356 e. The number of para-hydroxylation sites is 1. The topological polar surface area (TPSA) is 79.4 Å². The SMILES string of the molecule is O=C(NCCCc1nc2ccccc2s1)C1CCCN(S(=O)(=O)c2ccccc2)C1. The molecule has 0 spiro atoms. The lowest BCUT2D eigenvalue weighted by Gasteiger charge is -2.31. The van der Waals surface area contributed by atoms with Gasteiger partial charge in [0, 0.05) is 26.1 Å². The molecule has 1 amide bonds. The summed E-state index contributed by atoms with van der Waals surface area (Å²) in [6.07, 6.45) is 3.03. The van der Waals surface area contributed by atoms with Gasteiger partial charge < -0.3 is 5.32 Å². The van der Waals surface area contributed by atoms with E-state index in [0.717, 1.165) is 23.4 Å². The van der Waals surface area contributed by atoms with Gasteiger partial charge in [-0.1, -0.05) is 30.3 Å². The lowest BCUT2D eigenvalue weighted by Crippen LogP contribution is -2.45. The molecular weight excluding hydrogens is 418 g/mol. The summed E-state index contributed by atoms with van der Waals surface area (Å²) >= 11 is 1.69. The monoisotopic (exact) mass is 443 g/mol. The summed E-state index contributed by atoms with van der Waals surface area (Å²) in [7, 11) is -3.56. The lowest BCUT2D eigenvalue weighted by atomic mass is 9.99. The van der Waals surface area contributed by atoms with E-state index in [-0.39, 0.29) is 23.3 Å². The number of piperidine rings is 1. The molecule has 1 atom stereocenters. The summed E-state index contributed by atoms with van der Waals surface area (Å²) in [5, 5.41) is 4.06. The van der Waals surface area contributed by atoms with Crippen molar-refractivity contribution in [1.29, 1.82) is 0 Å². The van der Waals surface area contributed by atoms with Crippen LogP contribution in [-0.4, -0.2) is 43.2 Å². The molecule has 1 N–H and O–H groups in total. The summed E-state index contributed by atoms with van der Waals surface area (Å²) in [6, 6.07) is 16.5. The van der Waals surface area contributed by atoms with Crippen molar-refractivity contribution in [3.63, 3.8) is 0 Å². The van der Waals surface area contributed by atoms with Crippen LogP contribution in [0.2, 0.25) is 0 Å². The van der Waals surface area contributed by atoms with Gasteiger partial charge in [0.15, 0.2) is 0 Å². The van der Waals surface area contributed by atoms with E-state index in [1.54, 1.807) is 41.7 Å². The highest BCUT2D eigenvalue weighted by Gasteiger charge is 2.33. The van der Waals surface area contributed by atoms with Gasteiger partial charge in [0.2, 0.25) is 15.9 Å². The number of nitrogens with one attached hydrogen (secondary N) is 1. The lowest BCUT2D eigenvalue weighted by molar-refractivity contribution is -0.126. The van der Waals surface area contributed by atoms with Crippen LogP contribution in [-0.2, 0) is 21.2 Å². The Morgan fingerprint density at radius 1 is 1.13 bits per heavy atom. The molecule has 0 radical (unpaired) electrons. The highest BCUT2D eigenvalue weighted by Crippen LogP contribution is 2.24. The van der Waals surface area contributed by atoms with Gasteiger partial charge in [-0.05, 0) is 43.5 Å². The molecular formula is C22H25N3O3S2. The second kappa shape index (κ2) is 9.24. The van der Waals surface area contributed by atoms with E-state index in [4.69, 9.17) is 0 Å². The third-order valence-electron chi connectivity index (χ3n) is 5.34. The van der Waals surface area contributed by atoms with E-state index in [0.29, 0.717) is 25.9 Å². The number of benzene rings is 2.